The number of hydrogen-bond donors (Lipinski definition) is 1. The van der Waals surface area contributed by atoms with E-state index in [-0.39, 0.29) is 17.7 Å². The van der Waals surface area contributed by atoms with E-state index in [1.165, 1.54) is 47.2 Å². The lowest BCUT2D eigenvalue weighted by molar-refractivity contribution is -0.145. The van der Waals surface area contributed by atoms with Gasteiger partial charge in [0.25, 0.3) is 0 Å². The summed E-state index contributed by atoms with van der Waals surface area (Å²) in [5.41, 5.74) is 6.42. The van der Waals surface area contributed by atoms with Gasteiger partial charge < -0.3 is 14.9 Å². The molecule has 35 heavy (non-hydrogen) atoms. The number of nitrogens with zero attached hydrogens (tertiary/aromatic N) is 2. The lowest BCUT2D eigenvalue weighted by Crippen LogP contribution is -2.41. The number of amides is 1. The predicted molar refractivity (Wildman–Crippen MR) is 138 cm³/mol. The number of carbonyl (C=O) groups is 2. The van der Waals surface area contributed by atoms with Crippen LogP contribution in [0.15, 0.2) is 42.5 Å². The Kier molecular flexibility index (Phi) is 7.24. The summed E-state index contributed by atoms with van der Waals surface area (Å²) < 4.78 is 0. The molecule has 3 unspecified atom stereocenters. The van der Waals surface area contributed by atoms with Crippen molar-refractivity contribution in [1.82, 2.24) is 9.80 Å². The molecule has 1 N–H and O–H groups in total. The van der Waals surface area contributed by atoms with E-state index in [0.717, 1.165) is 44.8 Å². The molecular weight excluding hydrogens is 436 g/mol. The van der Waals surface area contributed by atoms with E-state index in [2.05, 4.69) is 54.3 Å². The van der Waals surface area contributed by atoms with Gasteiger partial charge in [-0.15, -0.1) is 0 Å². The number of rotatable bonds is 6. The average molecular weight is 475 g/mol. The van der Waals surface area contributed by atoms with Crippen LogP contribution in [0.2, 0.25) is 0 Å². The number of carboxylic acid groups (broad SMARTS) is 1. The first kappa shape index (κ1) is 24.1. The molecule has 186 valence electrons. The van der Waals surface area contributed by atoms with E-state index < -0.39 is 5.97 Å². The second kappa shape index (κ2) is 10.5. The Balaban J connectivity index is 1.20. The fraction of sp³-hybridized carbons (Fsp3) is 0.533. The van der Waals surface area contributed by atoms with Crippen LogP contribution in [0.4, 0.5) is 0 Å². The zero-order valence-corrected chi connectivity index (χ0v) is 20.9. The standard InChI is InChI=1S/C30H38N2O3/c1-21-4-3-15-31(21)16-13-22-7-9-23(10-8-22)24-11-12-28-20-32(17-14-25(28)18-24)29(33)26-5-2-6-27(19-26)30(34)35/h7-12,18,21,26-27H,2-6,13-17,19-20H2,1H3,(H,34,35). The highest BCUT2D eigenvalue weighted by Gasteiger charge is 2.34. The summed E-state index contributed by atoms with van der Waals surface area (Å²) in [6, 6.07) is 16.4. The van der Waals surface area contributed by atoms with Gasteiger partial charge in [-0.3, -0.25) is 9.59 Å². The molecule has 1 aliphatic carbocycles. The molecule has 0 radical (unpaired) electrons. The summed E-state index contributed by atoms with van der Waals surface area (Å²) in [5.74, 6) is -1.12. The van der Waals surface area contributed by atoms with Gasteiger partial charge >= 0.3 is 5.97 Å². The highest BCUT2D eigenvalue weighted by atomic mass is 16.4. The third kappa shape index (κ3) is 5.45. The van der Waals surface area contributed by atoms with Crippen LogP contribution < -0.4 is 0 Å². The van der Waals surface area contributed by atoms with Gasteiger partial charge in [-0.2, -0.15) is 0 Å². The van der Waals surface area contributed by atoms with Crippen molar-refractivity contribution >= 4 is 11.9 Å². The molecule has 1 saturated heterocycles. The van der Waals surface area contributed by atoms with Crippen molar-refractivity contribution < 1.29 is 14.7 Å². The van der Waals surface area contributed by atoms with Crippen molar-refractivity contribution in [3.05, 3.63) is 59.2 Å². The summed E-state index contributed by atoms with van der Waals surface area (Å²) in [7, 11) is 0. The minimum atomic E-state index is -0.756. The molecule has 2 aliphatic heterocycles. The molecular formula is C30H38N2O3. The molecule has 2 fully saturated rings. The highest BCUT2D eigenvalue weighted by Crippen LogP contribution is 2.33. The quantitative estimate of drug-likeness (QED) is 0.629. The largest absolute Gasteiger partial charge is 0.481 e. The predicted octanol–water partition coefficient (Wildman–Crippen LogP) is 5.16. The van der Waals surface area contributed by atoms with Crippen LogP contribution >= 0.6 is 0 Å². The minimum Gasteiger partial charge on any atom is -0.481 e. The molecule has 0 aromatic heterocycles. The lowest BCUT2D eigenvalue weighted by atomic mass is 9.80. The van der Waals surface area contributed by atoms with Crippen molar-refractivity contribution in [1.29, 1.82) is 0 Å². The third-order valence-corrected chi connectivity index (χ3v) is 8.57. The van der Waals surface area contributed by atoms with Gasteiger partial charge in [0.2, 0.25) is 5.91 Å². The summed E-state index contributed by atoms with van der Waals surface area (Å²) in [6.07, 6.45) is 7.45. The van der Waals surface area contributed by atoms with Crippen molar-refractivity contribution in [3.8, 4) is 11.1 Å². The number of carbonyl (C=O) groups excluding carboxylic acids is 1. The average Bonchev–Trinajstić information content (AvgIpc) is 3.31. The minimum absolute atomic E-state index is 0.141. The van der Waals surface area contributed by atoms with Crippen molar-refractivity contribution in [2.75, 3.05) is 19.6 Å². The Morgan fingerprint density at radius 1 is 0.914 bits per heavy atom. The first-order valence-electron chi connectivity index (χ1n) is 13.4. The number of fused-ring (bicyclic) bond motifs is 1. The Bertz CT molecular complexity index is 1060. The van der Waals surface area contributed by atoms with Crippen LogP contribution in [0, 0.1) is 11.8 Å². The van der Waals surface area contributed by atoms with Crippen LogP contribution in [0.5, 0.6) is 0 Å². The molecule has 1 saturated carbocycles. The van der Waals surface area contributed by atoms with Crippen LogP contribution in [0.25, 0.3) is 11.1 Å². The maximum Gasteiger partial charge on any atom is 0.306 e. The van der Waals surface area contributed by atoms with E-state index in [0.29, 0.717) is 19.4 Å². The number of benzene rings is 2. The number of aliphatic carboxylic acids is 1. The zero-order valence-electron chi connectivity index (χ0n) is 20.9. The molecule has 2 aromatic rings. The zero-order chi connectivity index (χ0) is 24.4. The molecule has 5 heteroatoms. The van der Waals surface area contributed by atoms with E-state index in [9.17, 15) is 14.7 Å². The summed E-state index contributed by atoms with van der Waals surface area (Å²) in [5, 5.41) is 9.37. The van der Waals surface area contributed by atoms with Crippen LogP contribution in [0.3, 0.4) is 0 Å². The number of carboxylic acids is 1. The molecule has 2 heterocycles. The molecule has 5 nitrogen and oxygen atoms in total. The van der Waals surface area contributed by atoms with Gasteiger partial charge in [-0.25, -0.2) is 0 Å². The van der Waals surface area contributed by atoms with Gasteiger partial charge in [0.05, 0.1) is 5.92 Å². The fourth-order valence-corrected chi connectivity index (χ4v) is 6.28. The fourth-order valence-electron chi connectivity index (χ4n) is 6.28. The van der Waals surface area contributed by atoms with E-state index >= 15 is 0 Å². The SMILES string of the molecule is CC1CCCN1CCc1ccc(-c2ccc3c(c2)CCN(C(=O)C2CCCC(C(=O)O)C2)C3)cc1. The summed E-state index contributed by atoms with van der Waals surface area (Å²) in [6.45, 7) is 6.08. The highest BCUT2D eigenvalue weighted by molar-refractivity contribution is 5.80. The molecule has 2 aromatic carbocycles. The molecule has 3 aliphatic rings. The second-order valence-corrected chi connectivity index (χ2v) is 10.9. The lowest BCUT2D eigenvalue weighted by Gasteiger charge is -2.34. The van der Waals surface area contributed by atoms with E-state index in [1.54, 1.807) is 0 Å². The van der Waals surface area contributed by atoms with E-state index in [1.807, 2.05) is 4.90 Å². The Morgan fingerprint density at radius 3 is 2.43 bits per heavy atom. The molecule has 3 atom stereocenters. The van der Waals surface area contributed by atoms with E-state index in [4.69, 9.17) is 0 Å². The molecule has 5 rings (SSSR count). The first-order valence-corrected chi connectivity index (χ1v) is 13.4. The monoisotopic (exact) mass is 474 g/mol. The molecule has 1 amide bonds. The van der Waals surface area contributed by atoms with Gasteiger partial charge in [0.15, 0.2) is 0 Å². The van der Waals surface area contributed by atoms with Crippen molar-refractivity contribution in [2.24, 2.45) is 11.8 Å². The van der Waals surface area contributed by atoms with Crippen molar-refractivity contribution in [2.45, 2.75) is 70.9 Å². The van der Waals surface area contributed by atoms with Gasteiger partial charge in [-0.1, -0.05) is 48.9 Å². The summed E-state index contributed by atoms with van der Waals surface area (Å²) >= 11 is 0. The van der Waals surface area contributed by atoms with Crippen molar-refractivity contribution in [3.63, 3.8) is 0 Å². The first-order chi connectivity index (χ1) is 17.0. The van der Waals surface area contributed by atoms with Gasteiger partial charge in [0, 0.05) is 31.6 Å². The Labute approximate surface area is 209 Å². The van der Waals surface area contributed by atoms with Gasteiger partial charge in [-0.05, 0) is 86.2 Å². The second-order valence-electron chi connectivity index (χ2n) is 10.9. The van der Waals surface area contributed by atoms with Crippen LogP contribution in [-0.4, -0.2) is 52.5 Å². The maximum absolute atomic E-state index is 13.1. The van der Waals surface area contributed by atoms with Crippen LogP contribution in [-0.2, 0) is 29.0 Å². The third-order valence-electron chi connectivity index (χ3n) is 8.57. The number of likely N-dealkylation sites (tertiary alicyclic amines) is 1. The molecule has 0 bridgehead atoms. The normalized spacial score (nSPS) is 24.8. The topological polar surface area (TPSA) is 60.9 Å². The molecule has 0 spiro atoms. The van der Waals surface area contributed by atoms with Gasteiger partial charge in [0.1, 0.15) is 0 Å². The smallest absolute Gasteiger partial charge is 0.306 e. The summed E-state index contributed by atoms with van der Waals surface area (Å²) in [4.78, 5) is 29.1. The number of hydrogen-bond acceptors (Lipinski definition) is 3. The Morgan fingerprint density at radius 2 is 1.69 bits per heavy atom. The van der Waals surface area contributed by atoms with Crippen LogP contribution in [0.1, 0.15) is 62.1 Å². The Hall–Kier alpha value is -2.66. The maximum atomic E-state index is 13.1.